The molecule has 0 saturated heterocycles. The van der Waals surface area contributed by atoms with E-state index in [1.807, 2.05) is 26.0 Å². The minimum Gasteiger partial charge on any atom is -0.496 e. The molecule has 5 nitrogen and oxygen atoms in total. The summed E-state index contributed by atoms with van der Waals surface area (Å²) in [5, 5.41) is 9.86. The molecule has 0 aliphatic heterocycles. The van der Waals surface area contributed by atoms with Crippen LogP contribution in [0.3, 0.4) is 0 Å². The van der Waals surface area contributed by atoms with Crippen molar-refractivity contribution in [1.29, 1.82) is 0 Å². The molecule has 0 bridgehead atoms. The summed E-state index contributed by atoms with van der Waals surface area (Å²) in [7, 11) is 1.46. The number of hydrogen-bond acceptors (Lipinski definition) is 5. The lowest BCUT2D eigenvalue weighted by atomic mass is 10.1. The number of carbonyl (C=O) groups is 1. The molecule has 0 aliphatic rings. The number of thioether (sulfide) groups is 1. The maximum atomic E-state index is 11.2. The highest BCUT2D eigenvalue weighted by atomic mass is 32.2. The van der Waals surface area contributed by atoms with Crippen LogP contribution in [0.2, 0.25) is 0 Å². The Bertz CT molecular complexity index is 654. The predicted molar refractivity (Wildman–Crippen MR) is 81.0 cm³/mol. The van der Waals surface area contributed by atoms with Gasteiger partial charge in [0.05, 0.1) is 7.11 Å². The van der Waals surface area contributed by atoms with Crippen molar-refractivity contribution in [3.63, 3.8) is 0 Å². The monoisotopic (exact) mass is 304 g/mol. The van der Waals surface area contributed by atoms with Crippen LogP contribution in [0.15, 0.2) is 29.4 Å². The normalized spacial score (nSPS) is 10.4. The molecule has 0 aliphatic carbocycles. The first-order valence-corrected chi connectivity index (χ1v) is 7.33. The molecule has 0 saturated carbocycles. The summed E-state index contributed by atoms with van der Waals surface area (Å²) in [6, 6.07) is 7.05. The number of hydrogen-bond donors (Lipinski definition) is 1. The number of methoxy groups -OCH3 is 1. The average molecular weight is 304 g/mol. The van der Waals surface area contributed by atoms with Gasteiger partial charge in [-0.15, -0.1) is 0 Å². The van der Waals surface area contributed by atoms with Crippen molar-refractivity contribution in [2.45, 2.75) is 24.8 Å². The van der Waals surface area contributed by atoms with E-state index >= 15 is 0 Å². The van der Waals surface area contributed by atoms with Crippen LogP contribution in [-0.4, -0.2) is 28.2 Å². The Kier molecular flexibility index (Phi) is 4.80. The predicted octanol–water partition coefficient (Wildman–Crippen LogP) is 3.09. The van der Waals surface area contributed by atoms with Crippen LogP contribution in [0.1, 0.15) is 27.3 Å². The minimum absolute atomic E-state index is 0.164. The largest absolute Gasteiger partial charge is 0.496 e. The maximum absolute atomic E-state index is 11.2. The standard InChI is InChI=1S/C15H16N2O3S/c1-9-6-10(2)17-15(16-9)21-8-11-4-5-13(20-3)12(7-11)14(18)19/h4-7H,8H2,1-3H3,(H,18,19). The van der Waals surface area contributed by atoms with Crippen LogP contribution < -0.4 is 4.74 Å². The van der Waals surface area contributed by atoms with Crippen molar-refractivity contribution >= 4 is 17.7 Å². The number of nitrogens with zero attached hydrogens (tertiary/aromatic N) is 2. The van der Waals surface area contributed by atoms with Gasteiger partial charge in [0.25, 0.3) is 0 Å². The first-order valence-electron chi connectivity index (χ1n) is 6.35. The molecule has 2 rings (SSSR count). The van der Waals surface area contributed by atoms with E-state index in [2.05, 4.69) is 9.97 Å². The number of aromatic nitrogens is 2. The van der Waals surface area contributed by atoms with Crippen LogP contribution in [0.4, 0.5) is 0 Å². The molecule has 21 heavy (non-hydrogen) atoms. The molecule has 0 unspecified atom stereocenters. The summed E-state index contributed by atoms with van der Waals surface area (Å²) in [4.78, 5) is 19.9. The lowest BCUT2D eigenvalue weighted by molar-refractivity contribution is 0.0693. The summed E-state index contributed by atoms with van der Waals surface area (Å²) in [6.45, 7) is 3.85. The minimum atomic E-state index is -0.999. The zero-order valence-corrected chi connectivity index (χ0v) is 12.9. The lowest BCUT2D eigenvalue weighted by Crippen LogP contribution is -2.01. The average Bonchev–Trinajstić information content (AvgIpc) is 2.43. The second kappa shape index (κ2) is 6.58. The Morgan fingerprint density at radius 1 is 1.24 bits per heavy atom. The van der Waals surface area contributed by atoms with E-state index in [9.17, 15) is 4.79 Å². The van der Waals surface area contributed by atoms with Gasteiger partial charge in [-0.05, 0) is 37.6 Å². The number of carboxylic acid groups (broad SMARTS) is 1. The van der Waals surface area contributed by atoms with E-state index in [0.717, 1.165) is 17.0 Å². The van der Waals surface area contributed by atoms with Crippen molar-refractivity contribution in [3.05, 3.63) is 46.8 Å². The van der Waals surface area contributed by atoms with Crippen molar-refractivity contribution in [1.82, 2.24) is 9.97 Å². The number of rotatable bonds is 5. The van der Waals surface area contributed by atoms with Crippen molar-refractivity contribution in [2.24, 2.45) is 0 Å². The fourth-order valence-corrected chi connectivity index (χ4v) is 2.81. The fourth-order valence-electron chi connectivity index (χ4n) is 1.92. The van der Waals surface area contributed by atoms with E-state index in [0.29, 0.717) is 16.7 Å². The van der Waals surface area contributed by atoms with E-state index in [-0.39, 0.29) is 5.56 Å². The topological polar surface area (TPSA) is 72.3 Å². The van der Waals surface area contributed by atoms with Gasteiger partial charge in [0, 0.05) is 17.1 Å². The van der Waals surface area contributed by atoms with Gasteiger partial charge in [-0.2, -0.15) is 0 Å². The van der Waals surface area contributed by atoms with E-state index in [1.54, 1.807) is 12.1 Å². The highest BCUT2D eigenvalue weighted by Crippen LogP contribution is 2.25. The third-order valence-corrected chi connectivity index (χ3v) is 3.74. The molecule has 0 spiro atoms. The Labute approximate surface area is 127 Å². The summed E-state index contributed by atoms with van der Waals surface area (Å²) in [5.41, 5.74) is 2.90. The molecule has 0 radical (unpaired) electrons. The second-order valence-electron chi connectivity index (χ2n) is 4.56. The van der Waals surface area contributed by atoms with Crippen LogP contribution >= 0.6 is 11.8 Å². The smallest absolute Gasteiger partial charge is 0.339 e. The van der Waals surface area contributed by atoms with Crippen molar-refractivity contribution < 1.29 is 14.6 Å². The summed E-state index contributed by atoms with van der Waals surface area (Å²) in [6.07, 6.45) is 0. The van der Waals surface area contributed by atoms with Gasteiger partial charge >= 0.3 is 5.97 Å². The summed E-state index contributed by atoms with van der Waals surface area (Å²) >= 11 is 1.48. The number of aryl methyl sites for hydroxylation is 2. The SMILES string of the molecule is COc1ccc(CSc2nc(C)cc(C)n2)cc1C(=O)O. The Balaban J connectivity index is 2.16. The Hall–Kier alpha value is -2.08. The molecule has 1 N–H and O–H groups in total. The van der Waals surface area contributed by atoms with E-state index < -0.39 is 5.97 Å². The van der Waals surface area contributed by atoms with Crippen LogP contribution in [0.5, 0.6) is 5.75 Å². The summed E-state index contributed by atoms with van der Waals surface area (Å²) < 4.78 is 5.04. The molecule has 1 heterocycles. The molecule has 1 aromatic carbocycles. The molecule has 2 aromatic rings. The second-order valence-corrected chi connectivity index (χ2v) is 5.50. The maximum Gasteiger partial charge on any atom is 0.339 e. The molecule has 0 amide bonds. The quantitative estimate of drug-likeness (QED) is 0.676. The molecular weight excluding hydrogens is 288 g/mol. The summed E-state index contributed by atoms with van der Waals surface area (Å²) in [5.74, 6) is -0.0343. The first-order chi connectivity index (χ1) is 9.99. The Morgan fingerprint density at radius 3 is 2.48 bits per heavy atom. The molecule has 0 atom stereocenters. The van der Waals surface area contributed by atoms with Gasteiger partial charge in [-0.1, -0.05) is 17.8 Å². The van der Waals surface area contributed by atoms with Gasteiger partial charge in [-0.3, -0.25) is 0 Å². The van der Waals surface area contributed by atoms with Crippen molar-refractivity contribution in [2.75, 3.05) is 7.11 Å². The lowest BCUT2D eigenvalue weighted by Gasteiger charge is -2.07. The van der Waals surface area contributed by atoms with Gasteiger partial charge in [0.1, 0.15) is 11.3 Å². The fraction of sp³-hybridized carbons (Fsp3) is 0.267. The number of ether oxygens (including phenoxy) is 1. The van der Waals surface area contributed by atoms with E-state index in [1.165, 1.54) is 18.9 Å². The number of aromatic carboxylic acids is 1. The number of carboxylic acids is 1. The highest BCUT2D eigenvalue weighted by molar-refractivity contribution is 7.98. The van der Waals surface area contributed by atoms with Crippen LogP contribution in [0.25, 0.3) is 0 Å². The first kappa shape index (κ1) is 15.3. The zero-order chi connectivity index (χ0) is 15.4. The Morgan fingerprint density at radius 2 is 1.90 bits per heavy atom. The van der Waals surface area contributed by atoms with Gasteiger partial charge in [0.15, 0.2) is 5.16 Å². The van der Waals surface area contributed by atoms with Gasteiger partial charge < -0.3 is 9.84 Å². The molecule has 0 fully saturated rings. The van der Waals surface area contributed by atoms with E-state index in [4.69, 9.17) is 9.84 Å². The molecule has 6 heteroatoms. The van der Waals surface area contributed by atoms with Crippen LogP contribution in [-0.2, 0) is 5.75 Å². The highest BCUT2D eigenvalue weighted by Gasteiger charge is 2.12. The van der Waals surface area contributed by atoms with Crippen LogP contribution in [0, 0.1) is 13.8 Å². The van der Waals surface area contributed by atoms with Crippen molar-refractivity contribution in [3.8, 4) is 5.75 Å². The molecule has 110 valence electrons. The third kappa shape index (κ3) is 3.95. The zero-order valence-electron chi connectivity index (χ0n) is 12.1. The molecular formula is C15H16N2O3S. The molecule has 1 aromatic heterocycles. The van der Waals surface area contributed by atoms with Gasteiger partial charge in [-0.25, -0.2) is 14.8 Å². The third-order valence-electron chi connectivity index (χ3n) is 2.82. The van der Waals surface area contributed by atoms with Gasteiger partial charge in [0.2, 0.25) is 0 Å². The number of benzene rings is 1.